The summed E-state index contributed by atoms with van der Waals surface area (Å²) < 4.78 is 42.3. The van der Waals surface area contributed by atoms with Crippen LogP contribution in [0.1, 0.15) is 61.0 Å². The van der Waals surface area contributed by atoms with Gasteiger partial charge in [-0.15, -0.1) is 0 Å². The van der Waals surface area contributed by atoms with Crippen molar-refractivity contribution in [1.82, 2.24) is 14.3 Å². The van der Waals surface area contributed by atoms with E-state index in [1.54, 1.807) is 61.5 Å². The van der Waals surface area contributed by atoms with Crippen molar-refractivity contribution in [2.75, 3.05) is 14.2 Å². The fourth-order valence-corrected chi connectivity index (χ4v) is 5.68. The summed E-state index contributed by atoms with van der Waals surface area (Å²) in [5, 5.41) is 0. The second kappa shape index (κ2) is 9.97. The van der Waals surface area contributed by atoms with Crippen LogP contribution < -0.4 is 14.2 Å². The zero-order chi connectivity index (χ0) is 23.4. The summed E-state index contributed by atoms with van der Waals surface area (Å²) in [6.07, 6.45) is 9.53. The van der Waals surface area contributed by atoms with E-state index in [1.165, 1.54) is 37.7 Å². The Kier molecular flexibility index (Phi) is 7.05. The van der Waals surface area contributed by atoms with Crippen LogP contribution in [0.15, 0.2) is 59.8 Å². The lowest BCUT2D eigenvalue weighted by Gasteiger charge is -2.23. The van der Waals surface area contributed by atoms with Gasteiger partial charge in [0.25, 0.3) is 0 Å². The van der Waals surface area contributed by atoms with E-state index in [0.29, 0.717) is 28.8 Å². The third kappa shape index (κ3) is 5.23. The summed E-state index contributed by atoms with van der Waals surface area (Å²) in [5.74, 6) is 2.22. The number of hydrogen-bond acceptors (Lipinski definition) is 5. The molecular formula is C25H31N3O4S. The molecule has 1 fully saturated rings. The van der Waals surface area contributed by atoms with Gasteiger partial charge in [0.05, 0.1) is 19.1 Å². The average molecular weight is 470 g/mol. The first-order valence-corrected chi connectivity index (χ1v) is 12.7. The monoisotopic (exact) mass is 469 g/mol. The number of aryl methyl sites for hydroxylation is 1. The summed E-state index contributed by atoms with van der Waals surface area (Å²) in [7, 11) is 1.14. The Balaban J connectivity index is 1.67. The van der Waals surface area contributed by atoms with Crippen molar-refractivity contribution in [3.63, 3.8) is 0 Å². The van der Waals surface area contributed by atoms with Gasteiger partial charge in [-0.25, -0.2) is 13.4 Å². The van der Waals surface area contributed by atoms with Gasteiger partial charge in [-0.1, -0.05) is 31.4 Å². The van der Waals surface area contributed by atoms with Crippen LogP contribution in [0.2, 0.25) is 0 Å². The number of imidazole rings is 1. The molecular weight excluding hydrogens is 438 g/mol. The Bertz CT molecular complexity index is 1160. The van der Waals surface area contributed by atoms with Gasteiger partial charge >= 0.3 is 0 Å². The molecule has 8 heteroatoms. The third-order valence-electron chi connectivity index (χ3n) is 6.36. The maximum atomic E-state index is 13.4. The van der Waals surface area contributed by atoms with Crippen LogP contribution in [0.25, 0.3) is 0 Å². The summed E-state index contributed by atoms with van der Waals surface area (Å²) in [4.78, 5) is 4.64. The summed E-state index contributed by atoms with van der Waals surface area (Å²) in [6.45, 7) is 0. The number of aromatic nitrogens is 2. The fraction of sp³-hybridized carbons (Fsp3) is 0.400. The van der Waals surface area contributed by atoms with Crippen LogP contribution >= 0.6 is 0 Å². The van der Waals surface area contributed by atoms with Crippen LogP contribution in [0.4, 0.5) is 0 Å². The predicted molar refractivity (Wildman–Crippen MR) is 127 cm³/mol. The molecule has 1 heterocycles. The lowest BCUT2D eigenvalue weighted by Crippen LogP contribution is -2.31. The van der Waals surface area contributed by atoms with Crippen molar-refractivity contribution >= 4 is 10.0 Å². The van der Waals surface area contributed by atoms with Crippen LogP contribution in [0, 0.1) is 0 Å². The highest BCUT2D eigenvalue weighted by molar-refractivity contribution is 7.89. The number of rotatable bonds is 8. The minimum atomic E-state index is -3.82. The molecule has 1 atom stereocenters. The Hall–Kier alpha value is -2.84. The van der Waals surface area contributed by atoms with E-state index < -0.39 is 16.1 Å². The van der Waals surface area contributed by atoms with E-state index in [1.807, 2.05) is 19.2 Å². The van der Waals surface area contributed by atoms with Gasteiger partial charge in [0.2, 0.25) is 10.0 Å². The van der Waals surface area contributed by atoms with Gasteiger partial charge in [-0.2, -0.15) is 4.72 Å². The quantitative estimate of drug-likeness (QED) is 0.523. The van der Waals surface area contributed by atoms with Crippen molar-refractivity contribution in [2.45, 2.75) is 49.0 Å². The number of methoxy groups -OCH3 is 2. The highest BCUT2D eigenvalue weighted by atomic mass is 32.2. The van der Waals surface area contributed by atoms with Crippen molar-refractivity contribution in [3.8, 4) is 11.5 Å². The van der Waals surface area contributed by atoms with Gasteiger partial charge in [0.15, 0.2) is 0 Å². The number of ether oxygens (including phenoxy) is 2. The molecule has 1 N–H and O–H groups in total. The molecule has 1 aliphatic rings. The maximum Gasteiger partial charge on any atom is 0.241 e. The Morgan fingerprint density at radius 3 is 2.18 bits per heavy atom. The molecule has 0 amide bonds. The van der Waals surface area contributed by atoms with E-state index in [2.05, 4.69) is 9.71 Å². The normalized spacial score (nSPS) is 15.8. The standard InChI is InChI=1S/C25H31N3O4S/c1-28-14-13-26-25(28)24(20-15-21(31-2)17-22(16-20)32-3)27-33(29,30)23-11-9-19(10-12-23)18-7-5-4-6-8-18/h9-18,24,27H,4-8H2,1-3H3/t24-/m1/s1. The van der Waals surface area contributed by atoms with Crippen LogP contribution in [-0.2, 0) is 17.1 Å². The van der Waals surface area contributed by atoms with E-state index in [0.717, 1.165) is 0 Å². The van der Waals surface area contributed by atoms with Crippen molar-refractivity contribution in [1.29, 1.82) is 0 Å². The van der Waals surface area contributed by atoms with E-state index in [9.17, 15) is 8.42 Å². The molecule has 33 heavy (non-hydrogen) atoms. The minimum Gasteiger partial charge on any atom is -0.497 e. The SMILES string of the molecule is COc1cc(OC)cc([C@@H](NS(=O)(=O)c2ccc(C3CCCCC3)cc2)c2nccn2C)c1. The average Bonchev–Trinajstić information content (AvgIpc) is 3.28. The van der Waals surface area contributed by atoms with Gasteiger partial charge < -0.3 is 14.0 Å². The van der Waals surface area contributed by atoms with Gasteiger partial charge in [0.1, 0.15) is 23.4 Å². The zero-order valence-corrected chi connectivity index (χ0v) is 20.1. The van der Waals surface area contributed by atoms with Crippen LogP contribution in [0.3, 0.4) is 0 Å². The number of hydrogen-bond donors (Lipinski definition) is 1. The van der Waals surface area contributed by atoms with Crippen LogP contribution in [-0.4, -0.2) is 32.2 Å². The number of nitrogens with zero attached hydrogens (tertiary/aromatic N) is 2. The second-order valence-electron chi connectivity index (χ2n) is 8.50. The molecule has 2 aromatic carbocycles. The molecule has 1 aromatic heterocycles. The molecule has 1 aliphatic carbocycles. The molecule has 4 rings (SSSR count). The number of sulfonamides is 1. The second-order valence-corrected chi connectivity index (χ2v) is 10.2. The third-order valence-corrected chi connectivity index (χ3v) is 7.80. The lowest BCUT2D eigenvalue weighted by molar-refractivity contribution is 0.392. The zero-order valence-electron chi connectivity index (χ0n) is 19.3. The molecule has 3 aromatic rings. The van der Waals surface area contributed by atoms with E-state index in [-0.39, 0.29) is 4.90 Å². The summed E-state index contributed by atoms with van der Waals surface area (Å²) in [6, 6.07) is 11.9. The summed E-state index contributed by atoms with van der Waals surface area (Å²) in [5.41, 5.74) is 1.88. The molecule has 0 bridgehead atoms. The minimum absolute atomic E-state index is 0.233. The lowest BCUT2D eigenvalue weighted by atomic mass is 9.84. The largest absolute Gasteiger partial charge is 0.497 e. The predicted octanol–water partition coefficient (Wildman–Crippen LogP) is 4.55. The van der Waals surface area contributed by atoms with Gasteiger partial charge in [-0.05, 0) is 54.2 Å². The van der Waals surface area contributed by atoms with Crippen LogP contribution in [0.5, 0.6) is 11.5 Å². The Morgan fingerprint density at radius 1 is 1.00 bits per heavy atom. The van der Waals surface area contributed by atoms with Crippen molar-refractivity contribution in [2.24, 2.45) is 7.05 Å². The molecule has 0 radical (unpaired) electrons. The van der Waals surface area contributed by atoms with Crippen molar-refractivity contribution in [3.05, 3.63) is 71.8 Å². The highest BCUT2D eigenvalue weighted by Gasteiger charge is 2.27. The van der Waals surface area contributed by atoms with Gasteiger partial charge in [-0.3, -0.25) is 0 Å². The molecule has 1 saturated carbocycles. The number of nitrogens with one attached hydrogen (secondary N) is 1. The first-order chi connectivity index (χ1) is 15.9. The molecule has 176 valence electrons. The smallest absolute Gasteiger partial charge is 0.241 e. The maximum absolute atomic E-state index is 13.4. The molecule has 0 spiro atoms. The van der Waals surface area contributed by atoms with Gasteiger partial charge in [0, 0.05) is 25.5 Å². The first kappa shape index (κ1) is 23.3. The topological polar surface area (TPSA) is 82.4 Å². The molecule has 7 nitrogen and oxygen atoms in total. The summed E-state index contributed by atoms with van der Waals surface area (Å²) >= 11 is 0. The first-order valence-electron chi connectivity index (χ1n) is 11.2. The highest BCUT2D eigenvalue weighted by Crippen LogP contribution is 2.34. The van der Waals surface area contributed by atoms with Crippen molar-refractivity contribution < 1.29 is 17.9 Å². The fourth-order valence-electron chi connectivity index (χ4n) is 4.50. The molecule has 0 aliphatic heterocycles. The van der Waals surface area contributed by atoms with E-state index >= 15 is 0 Å². The van der Waals surface area contributed by atoms with E-state index in [4.69, 9.17) is 9.47 Å². The molecule has 0 saturated heterocycles. The molecule has 0 unspecified atom stereocenters. The Labute approximate surface area is 195 Å². The number of benzene rings is 2. The Morgan fingerprint density at radius 2 is 1.64 bits per heavy atom.